The topological polar surface area (TPSA) is 35.2 Å². The van der Waals surface area contributed by atoms with Gasteiger partial charge in [0.15, 0.2) is 5.75 Å². The Kier molecular flexibility index (Phi) is 4.32. The maximum Gasteiger partial charge on any atom is 0.153 e. The van der Waals surface area contributed by atoms with Gasteiger partial charge in [0.05, 0.1) is 19.7 Å². The molecule has 0 unspecified atom stereocenters. The van der Waals surface area contributed by atoms with Gasteiger partial charge < -0.3 is 10.5 Å². The van der Waals surface area contributed by atoms with Gasteiger partial charge in [0.1, 0.15) is 17.4 Å². The molecule has 0 aliphatic carbocycles. The fraction of sp³-hybridized carbons (Fsp3) is 0. The SMILES string of the molecule is Nc1cc(Br)c(F)cc1Oc1cc(F)c(Cl)cc1Br. The Labute approximate surface area is 129 Å². The predicted octanol–water partition coefficient (Wildman–Crippen LogP) is 5.52. The number of rotatable bonds is 2. The summed E-state index contributed by atoms with van der Waals surface area (Å²) in [4.78, 5) is 0. The van der Waals surface area contributed by atoms with Gasteiger partial charge >= 0.3 is 0 Å². The van der Waals surface area contributed by atoms with Crippen molar-refractivity contribution < 1.29 is 13.5 Å². The van der Waals surface area contributed by atoms with Crippen LogP contribution in [0.25, 0.3) is 0 Å². The molecule has 0 amide bonds. The Hall–Kier alpha value is -0.850. The molecule has 0 saturated carbocycles. The quantitative estimate of drug-likeness (QED) is 0.520. The molecule has 0 aromatic heterocycles. The van der Waals surface area contributed by atoms with Crippen LogP contribution in [0.4, 0.5) is 14.5 Å². The summed E-state index contributed by atoms with van der Waals surface area (Å²) in [6, 6.07) is 4.91. The molecule has 0 saturated heterocycles. The maximum atomic E-state index is 13.4. The Balaban J connectivity index is 2.42. The standard InChI is InChI=1S/C12H6Br2ClF2NO/c13-5-2-10(18)12(3-8(5)16)19-11-4-9(17)7(15)1-6(11)14/h1-4H,18H2. The molecular weight excluding hydrogens is 407 g/mol. The number of nitrogen functional groups attached to an aromatic ring is 1. The van der Waals surface area contributed by atoms with Crippen LogP contribution in [0.15, 0.2) is 33.2 Å². The summed E-state index contributed by atoms with van der Waals surface area (Å²) in [5, 5.41) is -0.0471. The highest BCUT2D eigenvalue weighted by Crippen LogP contribution is 2.37. The van der Waals surface area contributed by atoms with Crippen molar-refractivity contribution in [3.8, 4) is 11.5 Å². The van der Waals surface area contributed by atoms with Gasteiger partial charge in [-0.3, -0.25) is 0 Å². The number of hydrogen-bond acceptors (Lipinski definition) is 2. The molecule has 0 radical (unpaired) electrons. The van der Waals surface area contributed by atoms with Gasteiger partial charge in [-0.05, 0) is 44.0 Å². The van der Waals surface area contributed by atoms with E-state index in [0.717, 1.165) is 12.1 Å². The summed E-state index contributed by atoms with van der Waals surface area (Å²) in [6.45, 7) is 0. The molecule has 7 heteroatoms. The zero-order chi connectivity index (χ0) is 14.2. The fourth-order valence-corrected chi connectivity index (χ4v) is 2.41. The van der Waals surface area contributed by atoms with Gasteiger partial charge in [-0.15, -0.1) is 0 Å². The molecule has 0 atom stereocenters. The van der Waals surface area contributed by atoms with Crippen molar-refractivity contribution in [1.29, 1.82) is 0 Å². The van der Waals surface area contributed by atoms with Crippen molar-refractivity contribution >= 4 is 49.1 Å². The van der Waals surface area contributed by atoms with Crippen molar-refractivity contribution in [3.05, 3.63) is 49.9 Å². The smallest absolute Gasteiger partial charge is 0.153 e. The van der Waals surface area contributed by atoms with Crippen molar-refractivity contribution in [2.75, 3.05) is 5.73 Å². The van der Waals surface area contributed by atoms with Gasteiger partial charge in [0, 0.05) is 12.1 Å². The van der Waals surface area contributed by atoms with Crippen LogP contribution in [0.3, 0.4) is 0 Å². The van der Waals surface area contributed by atoms with Crippen LogP contribution in [0.2, 0.25) is 5.02 Å². The molecule has 0 spiro atoms. The molecule has 100 valence electrons. The van der Waals surface area contributed by atoms with Crippen LogP contribution in [0.1, 0.15) is 0 Å². The van der Waals surface area contributed by atoms with E-state index in [0.29, 0.717) is 4.47 Å². The van der Waals surface area contributed by atoms with E-state index in [4.69, 9.17) is 22.1 Å². The molecule has 0 aliphatic heterocycles. The highest BCUT2D eigenvalue weighted by atomic mass is 79.9. The number of benzene rings is 2. The summed E-state index contributed by atoms with van der Waals surface area (Å²) in [5.74, 6) is -0.941. The lowest BCUT2D eigenvalue weighted by molar-refractivity contribution is 0.470. The molecule has 2 aromatic rings. The molecule has 2 nitrogen and oxygen atoms in total. The normalized spacial score (nSPS) is 10.6. The number of ether oxygens (including phenoxy) is 1. The zero-order valence-electron chi connectivity index (χ0n) is 9.18. The molecule has 2 rings (SSSR count). The second kappa shape index (κ2) is 5.64. The average Bonchev–Trinajstić information content (AvgIpc) is 2.32. The summed E-state index contributed by atoms with van der Waals surface area (Å²) >= 11 is 11.8. The Bertz CT molecular complexity index is 597. The highest BCUT2D eigenvalue weighted by molar-refractivity contribution is 9.10. The van der Waals surface area contributed by atoms with E-state index >= 15 is 0 Å². The molecule has 0 heterocycles. The molecule has 0 bridgehead atoms. The largest absolute Gasteiger partial charge is 0.454 e. The van der Waals surface area contributed by atoms with Crippen molar-refractivity contribution in [3.63, 3.8) is 0 Å². The lowest BCUT2D eigenvalue weighted by Gasteiger charge is -2.11. The van der Waals surface area contributed by atoms with Gasteiger partial charge in [-0.25, -0.2) is 8.78 Å². The van der Waals surface area contributed by atoms with Crippen LogP contribution < -0.4 is 10.5 Å². The molecule has 0 fully saturated rings. The third-order valence-electron chi connectivity index (χ3n) is 2.25. The fourth-order valence-electron chi connectivity index (χ4n) is 1.33. The van der Waals surface area contributed by atoms with E-state index in [-0.39, 0.29) is 26.7 Å². The van der Waals surface area contributed by atoms with Gasteiger partial charge in [0.25, 0.3) is 0 Å². The van der Waals surface area contributed by atoms with E-state index in [9.17, 15) is 8.78 Å². The van der Waals surface area contributed by atoms with Crippen LogP contribution in [0, 0.1) is 11.6 Å². The Morgan fingerprint density at radius 2 is 1.58 bits per heavy atom. The monoisotopic (exact) mass is 411 g/mol. The Morgan fingerprint density at radius 1 is 0.947 bits per heavy atom. The minimum atomic E-state index is -0.643. The van der Waals surface area contributed by atoms with Crippen LogP contribution in [-0.2, 0) is 0 Å². The maximum absolute atomic E-state index is 13.4. The van der Waals surface area contributed by atoms with Gasteiger partial charge in [0.2, 0.25) is 0 Å². The lowest BCUT2D eigenvalue weighted by Crippen LogP contribution is -1.95. The molecule has 19 heavy (non-hydrogen) atoms. The van der Waals surface area contributed by atoms with Crippen LogP contribution in [0.5, 0.6) is 11.5 Å². The highest BCUT2D eigenvalue weighted by Gasteiger charge is 2.12. The van der Waals surface area contributed by atoms with Crippen molar-refractivity contribution in [1.82, 2.24) is 0 Å². The summed E-state index contributed by atoms with van der Waals surface area (Å²) < 4.78 is 32.8. The average molecular weight is 413 g/mol. The Morgan fingerprint density at radius 3 is 2.26 bits per heavy atom. The first kappa shape index (κ1) is 14.6. The molecular formula is C12H6Br2ClF2NO. The van der Waals surface area contributed by atoms with Gasteiger partial charge in [-0.1, -0.05) is 11.6 Å². The number of nitrogens with two attached hydrogens (primary N) is 1. The van der Waals surface area contributed by atoms with Crippen molar-refractivity contribution in [2.45, 2.75) is 0 Å². The number of halogens is 5. The predicted molar refractivity (Wildman–Crippen MR) is 77.7 cm³/mol. The van der Waals surface area contributed by atoms with E-state index in [1.165, 1.54) is 12.1 Å². The van der Waals surface area contributed by atoms with E-state index in [1.807, 2.05) is 0 Å². The summed E-state index contributed by atoms with van der Waals surface area (Å²) in [7, 11) is 0. The second-order valence-electron chi connectivity index (χ2n) is 3.60. The lowest BCUT2D eigenvalue weighted by atomic mass is 10.3. The molecule has 2 aromatic carbocycles. The summed E-state index contributed by atoms with van der Waals surface area (Å²) in [6.07, 6.45) is 0. The van der Waals surface area contributed by atoms with Crippen LogP contribution in [-0.4, -0.2) is 0 Å². The minimum Gasteiger partial charge on any atom is -0.454 e. The first-order valence-corrected chi connectivity index (χ1v) is 6.92. The summed E-state index contributed by atoms with van der Waals surface area (Å²) in [5.41, 5.74) is 5.92. The minimum absolute atomic E-state index is 0.0471. The zero-order valence-corrected chi connectivity index (χ0v) is 13.1. The van der Waals surface area contributed by atoms with E-state index < -0.39 is 11.6 Å². The van der Waals surface area contributed by atoms with E-state index in [1.54, 1.807) is 0 Å². The number of hydrogen-bond donors (Lipinski definition) is 1. The third kappa shape index (κ3) is 3.19. The number of anilines is 1. The third-order valence-corrected chi connectivity index (χ3v) is 3.76. The van der Waals surface area contributed by atoms with Crippen LogP contribution >= 0.6 is 43.5 Å². The van der Waals surface area contributed by atoms with Gasteiger partial charge in [-0.2, -0.15) is 0 Å². The van der Waals surface area contributed by atoms with Crippen molar-refractivity contribution in [2.24, 2.45) is 0 Å². The molecule has 0 aliphatic rings. The van der Waals surface area contributed by atoms with E-state index in [2.05, 4.69) is 31.9 Å². The second-order valence-corrected chi connectivity index (χ2v) is 5.72. The first-order valence-electron chi connectivity index (χ1n) is 4.95. The first-order chi connectivity index (χ1) is 8.88. The molecule has 2 N–H and O–H groups in total.